The second-order valence-electron chi connectivity index (χ2n) is 11.7. The summed E-state index contributed by atoms with van der Waals surface area (Å²) in [7, 11) is 3.60. The number of β-amino-alcohol motifs (C(OH)–C–C–N with tert-alkyl or cyclic N) is 1. The Morgan fingerprint density at radius 2 is 1.61 bits per heavy atom. The molecule has 5 aromatic rings. The van der Waals surface area contributed by atoms with Crippen LogP contribution in [-0.2, 0) is 29.6 Å². The van der Waals surface area contributed by atoms with Crippen LogP contribution in [0.5, 0.6) is 0 Å². The van der Waals surface area contributed by atoms with Gasteiger partial charge < -0.3 is 24.8 Å². The van der Waals surface area contributed by atoms with Crippen LogP contribution >= 0.6 is 0 Å². The zero-order chi connectivity index (χ0) is 30.8. The SMILES string of the molecule is CN(Cc1ccccc1)C(=O)[C@H](Cc1ccc2ccccc2c1)NC(=O)[C@H]1C[C@@H](O)CN1C(=O)c1cn(C)c2ccccc12. The van der Waals surface area contributed by atoms with Gasteiger partial charge in [0, 0.05) is 57.1 Å². The molecule has 2 heterocycles. The first-order valence-electron chi connectivity index (χ1n) is 14.9. The average molecular weight is 589 g/mol. The standard InChI is InChI=1S/C36H36N4O4/c1-38-23-30(29-14-8-9-15-32(29)38)35(43)40-22-28(41)20-33(40)34(42)37-31(36(44)39(2)21-24-10-4-3-5-11-24)19-25-16-17-26-12-6-7-13-27(26)18-25/h3-18,23,28,31,33,41H,19-22H2,1-2H3,(H,37,42)/t28-,31+,33-/m1/s1. The number of nitrogens with one attached hydrogen (secondary N) is 1. The van der Waals surface area contributed by atoms with Crippen molar-refractivity contribution in [3.8, 4) is 0 Å². The van der Waals surface area contributed by atoms with Gasteiger partial charge in [-0.2, -0.15) is 0 Å². The van der Waals surface area contributed by atoms with Crippen LogP contribution in [0.4, 0.5) is 0 Å². The number of amides is 3. The Kier molecular flexibility index (Phi) is 8.17. The van der Waals surface area contributed by atoms with E-state index in [0.29, 0.717) is 12.1 Å². The van der Waals surface area contributed by atoms with Gasteiger partial charge in [-0.25, -0.2) is 0 Å². The summed E-state index contributed by atoms with van der Waals surface area (Å²) in [6.45, 7) is 0.426. The summed E-state index contributed by atoms with van der Waals surface area (Å²) in [6.07, 6.45) is 1.29. The lowest BCUT2D eigenvalue weighted by atomic mass is 10.00. The van der Waals surface area contributed by atoms with Crippen molar-refractivity contribution in [2.45, 2.75) is 37.6 Å². The number of aryl methyl sites for hydroxylation is 1. The van der Waals surface area contributed by atoms with Crippen LogP contribution in [0.1, 0.15) is 27.9 Å². The van der Waals surface area contributed by atoms with Crippen LogP contribution in [-0.4, -0.2) is 69.0 Å². The predicted octanol–water partition coefficient (Wildman–Crippen LogP) is 4.29. The number of para-hydroxylation sites is 1. The first-order chi connectivity index (χ1) is 21.3. The number of nitrogens with zero attached hydrogens (tertiary/aromatic N) is 3. The minimum atomic E-state index is -0.914. The molecule has 0 unspecified atom stereocenters. The van der Waals surface area contributed by atoms with E-state index in [-0.39, 0.29) is 31.2 Å². The normalized spacial score (nSPS) is 17.1. The maximum atomic E-state index is 13.9. The van der Waals surface area contributed by atoms with E-state index in [1.54, 1.807) is 18.1 Å². The van der Waals surface area contributed by atoms with Gasteiger partial charge in [0.1, 0.15) is 12.1 Å². The lowest BCUT2D eigenvalue weighted by Gasteiger charge is -2.28. The predicted molar refractivity (Wildman–Crippen MR) is 171 cm³/mol. The van der Waals surface area contributed by atoms with Crippen LogP contribution in [0, 0.1) is 0 Å². The number of rotatable bonds is 8. The molecule has 0 saturated carbocycles. The zero-order valence-electron chi connectivity index (χ0n) is 24.9. The molecular formula is C36H36N4O4. The Hall–Kier alpha value is -4.95. The van der Waals surface area contributed by atoms with E-state index >= 15 is 0 Å². The number of aromatic nitrogens is 1. The largest absolute Gasteiger partial charge is 0.391 e. The molecule has 0 radical (unpaired) electrons. The number of fused-ring (bicyclic) bond motifs is 2. The highest BCUT2D eigenvalue weighted by molar-refractivity contribution is 6.08. The highest BCUT2D eigenvalue weighted by Crippen LogP contribution is 2.27. The van der Waals surface area contributed by atoms with Crippen molar-refractivity contribution >= 4 is 39.4 Å². The van der Waals surface area contributed by atoms with E-state index in [0.717, 1.165) is 32.8 Å². The highest BCUT2D eigenvalue weighted by Gasteiger charge is 2.41. The Balaban J connectivity index is 1.26. The van der Waals surface area contributed by atoms with Crippen molar-refractivity contribution in [3.05, 3.63) is 120 Å². The van der Waals surface area contributed by atoms with Crippen molar-refractivity contribution < 1.29 is 19.5 Å². The maximum absolute atomic E-state index is 13.9. The van der Waals surface area contributed by atoms with Crippen LogP contribution in [0.2, 0.25) is 0 Å². The Morgan fingerprint density at radius 1 is 0.909 bits per heavy atom. The molecule has 224 valence electrons. The smallest absolute Gasteiger partial charge is 0.256 e. The summed E-state index contributed by atoms with van der Waals surface area (Å²) in [5.74, 6) is -1.01. The molecule has 1 aliphatic rings. The van der Waals surface area contributed by atoms with E-state index in [1.165, 1.54) is 4.90 Å². The molecule has 3 atom stereocenters. The van der Waals surface area contributed by atoms with E-state index < -0.39 is 24.1 Å². The zero-order valence-corrected chi connectivity index (χ0v) is 24.9. The fourth-order valence-electron chi connectivity index (χ4n) is 6.22. The Bertz CT molecular complexity index is 1830. The van der Waals surface area contributed by atoms with Crippen molar-refractivity contribution in [1.82, 2.24) is 19.7 Å². The number of likely N-dealkylation sites (N-methyl/N-ethyl adjacent to an activating group) is 1. The van der Waals surface area contributed by atoms with E-state index in [9.17, 15) is 19.5 Å². The molecule has 0 spiro atoms. The van der Waals surface area contributed by atoms with Gasteiger partial charge in [0.15, 0.2) is 0 Å². The van der Waals surface area contributed by atoms with Gasteiger partial charge in [-0.05, 0) is 28.0 Å². The molecule has 0 bridgehead atoms. The first kappa shape index (κ1) is 29.1. The molecule has 8 nitrogen and oxygen atoms in total. The minimum absolute atomic E-state index is 0.0390. The summed E-state index contributed by atoms with van der Waals surface area (Å²) >= 11 is 0. The third-order valence-corrected chi connectivity index (χ3v) is 8.48. The van der Waals surface area contributed by atoms with E-state index in [1.807, 2.05) is 109 Å². The van der Waals surface area contributed by atoms with E-state index in [4.69, 9.17) is 0 Å². The Labute approximate surface area is 256 Å². The molecule has 4 aromatic carbocycles. The number of carbonyl (C=O) groups is 3. The van der Waals surface area contributed by atoms with Gasteiger partial charge in [0.05, 0.1) is 11.7 Å². The number of hydrogen-bond donors (Lipinski definition) is 2. The van der Waals surface area contributed by atoms with Crippen LogP contribution < -0.4 is 5.32 Å². The summed E-state index contributed by atoms with van der Waals surface area (Å²) < 4.78 is 1.88. The first-order valence-corrected chi connectivity index (χ1v) is 14.9. The van der Waals surface area contributed by atoms with Gasteiger partial charge in [0.25, 0.3) is 5.91 Å². The molecule has 8 heteroatoms. The van der Waals surface area contributed by atoms with Crippen molar-refractivity contribution in [1.29, 1.82) is 0 Å². The molecule has 1 aromatic heterocycles. The number of aliphatic hydroxyl groups is 1. The monoisotopic (exact) mass is 588 g/mol. The number of benzene rings is 4. The number of hydrogen-bond acceptors (Lipinski definition) is 4. The summed E-state index contributed by atoms with van der Waals surface area (Å²) in [5.41, 5.74) is 3.26. The minimum Gasteiger partial charge on any atom is -0.391 e. The fraction of sp³-hybridized carbons (Fsp3) is 0.250. The van der Waals surface area contributed by atoms with Crippen LogP contribution in [0.3, 0.4) is 0 Å². The highest BCUT2D eigenvalue weighted by atomic mass is 16.3. The van der Waals surface area contributed by atoms with Gasteiger partial charge in [-0.15, -0.1) is 0 Å². The number of likely N-dealkylation sites (tertiary alicyclic amines) is 1. The molecule has 3 amide bonds. The molecule has 0 aliphatic carbocycles. The average Bonchev–Trinajstić information content (AvgIpc) is 3.60. The number of aliphatic hydroxyl groups excluding tert-OH is 1. The van der Waals surface area contributed by atoms with Gasteiger partial charge >= 0.3 is 0 Å². The fourth-order valence-corrected chi connectivity index (χ4v) is 6.22. The lowest BCUT2D eigenvalue weighted by molar-refractivity contribution is -0.136. The Morgan fingerprint density at radius 3 is 2.41 bits per heavy atom. The molecule has 1 fully saturated rings. The second kappa shape index (κ2) is 12.3. The molecule has 1 aliphatic heterocycles. The van der Waals surface area contributed by atoms with E-state index in [2.05, 4.69) is 5.32 Å². The lowest BCUT2D eigenvalue weighted by Crippen LogP contribution is -2.54. The second-order valence-corrected chi connectivity index (χ2v) is 11.7. The third kappa shape index (κ3) is 5.94. The molecule has 2 N–H and O–H groups in total. The van der Waals surface area contributed by atoms with Crippen molar-refractivity contribution in [3.63, 3.8) is 0 Å². The van der Waals surface area contributed by atoms with Crippen molar-refractivity contribution in [2.75, 3.05) is 13.6 Å². The third-order valence-electron chi connectivity index (χ3n) is 8.48. The molecular weight excluding hydrogens is 552 g/mol. The maximum Gasteiger partial charge on any atom is 0.256 e. The number of carbonyl (C=O) groups excluding carboxylic acids is 3. The topological polar surface area (TPSA) is 94.9 Å². The molecule has 6 rings (SSSR count). The summed E-state index contributed by atoms with van der Waals surface area (Å²) in [5, 5.41) is 16.5. The van der Waals surface area contributed by atoms with Crippen LogP contribution in [0.25, 0.3) is 21.7 Å². The van der Waals surface area contributed by atoms with Crippen molar-refractivity contribution in [2.24, 2.45) is 7.05 Å². The quantitative estimate of drug-likeness (QED) is 0.283. The van der Waals surface area contributed by atoms with Gasteiger partial charge in [-0.3, -0.25) is 14.4 Å². The molecule has 1 saturated heterocycles. The summed E-state index contributed by atoms with van der Waals surface area (Å²) in [6, 6.07) is 29.5. The van der Waals surface area contributed by atoms with Gasteiger partial charge in [0.2, 0.25) is 11.8 Å². The summed E-state index contributed by atoms with van der Waals surface area (Å²) in [4.78, 5) is 44.7. The molecule has 44 heavy (non-hydrogen) atoms. The van der Waals surface area contributed by atoms with Crippen LogP contribution in [0.15, 0.2) is 103 Å². The van der Waals surface area contributed by atoms with Gasteiger partial charge in [-0.1, -0.05) is 91.0 Å².